The van der Waals surface area contributed by atoms with Crippen LogP contribution in [0.3, 0.4) is 0 Å². The van der Waals surface area contributed by atoms with Gasteiger partial charge in [-0.05, 0) is 12.0 Å². The SMILES string of the molecule is Nc1nsc(NCCc2cn[nH]c2)n1. The quantitative estimate of drug-likeness (QED) is 0.683. The van der Waals surface area contributed by atoms with Gasteiger partial charge < -0.3 is 11.1 Å². The molecule has 0 saturated carbocycles. The molecule has 0 atom stereocenters. The van der Waals surface area contributed by atoms with Gasteiger partial charge in [-0.2, -0.15) is 14.5 Å². The average Bonchev–Trinajstić information content (AvgIpc) is 2.77. The molecule has 2 heterocycles. The Balaban J connectivity index is 1.78. The van der Waals surface area contributed by atoms with Gasteiger partial charge in [0.2, 0.25) is 11.1 Å². The highest BCUT2D eigenvalue weighted by atomic mass is 32.1. The molecule has 2 aromatic rings. The summed E-state index contributed by atoms with van der Waals surface area (Å²) in [6, 6.07) is 0. The minimum absolute atomic E-state index is 0.320. The maximum atomic E-state index is 5.38. The van der Waals surface area contributed by atoms with Crippen LogP contribution >= 0.6 is 11.5 Å². The van der Waals surface area contributed by atoms with Crippen molar-refractivity contribution >= 4 is 22.6 Å². The summed E-state index contributed by atoms with van der Waals surface area (Å²) in [6.45, 7) is 0.800. The van der Waals surface area contributed by atoms with E-state index in [-0.39, 0.29) is 0 Å². The van der Waals surface area contributed by atoms with Crippen LogP contribution in [0.2, 0.25) is 0 Å². The van der Waals surface area contributed by atoms with Crippen LogP contribution in [-0.4, -0.2) is 26.1 Å². The second kappa shape index (κ2) is 4.05. The van der Waals surface area contributed by atoms with Gasteiger partial charge in [0, 0.05) is 24.3 Å². The lowest BCUT2D eigenvalue weighted by molar-refractivity contribution is 1.02. The number of aromatic amines is 1. The van der Waals surface area contributed by atoms with Gasteiger partial charge >= 0.3 is 0 Å². The number of nitrogens with one attached hydrogen (secondary N) is 2. The number of nitrogens with two attached hydrogens (primary N) is 1. The zero-order valence-corrected chi connectivity index (χ0v) is 8.21. The molecule has 0 radical (unpaired) electrons. The topological polar surface area (TPSA) is 92.5 Å². The van der Waals surface area contributed by atoms with E-state index in [1.165, 1.54) is 11.5 Å². The summed E-state index contributed by atoms with van der Waals surface area (Å²) in [7, 11) is 0. The molecule has 74 valence electrons. The van der Waals surface area contributed by atoms with E-state index in [9.17, 15) is 0 Å². The number of anilines is 2. The molecule has 4 N–H and O–H groups in total. The molecule has 0 spiro atoms. The van der Waals surface area contributed by atoms with Crippen LogP contribution in [0.15, 0.2) is 12.4 Å². The summed E-state index contributed by atoms with van der Waals surface area (Å²) in [5.41, 5.74) is 6.54. The molecule has 2 aromatic heterocycles. The Morgan fingerprint density at radius 2 is 2.50 bits per heavy atom. The van der Waals surface area contributed by atoms with Crippen molar-refractivity contribution in [1.82, 2.24) is 19.6 Å². The molecule has 0 saturated heterocycles. The van der Waals surface area contributed by atoms with Gasteiger partial charge in [0.25, 0.3) is 0 Å². The van der Waals surface area contributed by atoms with Gasteiger partial charge in [-0.3, -0.25) is 5.10 Å². The zero-order valence-electron chi connectivity index (χ0n) is 7.40. The van der Waals surface area contributed by atoms with Crippen molar-refractivity contribution in [1.29, 1.82) is 0 Å². The molecule has 0 aliphatic heterocycles. The molecule has 14 heavy (non-hydrogen) atoms. The summed E-state index contributed by atoms with van der Waals surface area (Å²) < 4.78 is 3.86. The fourth-order valence-electron chi connectivity index (χ4n) is 1.03. The number of hydrogen-bond donors (Lipinski definition) is 3. The standard InChI is InChI=1S/C7H10N6S/c8-6-12-7(14-13-6)9-2-1-5-3-10-11-4-5/h3-4H,1-2H2,(H,10,11)(H3,8,9,12,13). The molecule has 0 fully saturated rings. The van der Waals surface area contributed by atoms with Gasteiger partial charge in [0.05, 0.1) is 6.20 Å². The van der Waals surface area contributed by atoms with Gasteiger partial charge in [0.1, 0.15) is 0 Å². The minimum Gasteiger partial charge on any atom is -0.367 e. The van der Waals surface area contributed by atoms with Crippen molar-refractivity contribution in [3.8, 4) is 0 Å². The van der Waals surface area contributed by atoms with Crippen molar-refractivity contribution in [3.05, 3.63) is 18.0 Å². The largest absolute Gasteiger partial charge is 0.367 e. The maximum Gasteiger partial charge on any atom is 0.233 e. The van der Waals surface area contributed by atoms with Crippen LogP contribution in [0.4, 0.5) is 11.1 Å². The van der Waals surface area contributed by atoms with E-state index >= 15 is 0 Å². The highest BCUT2D eigenvalue weighted by molar-refractivity contribution is 7.09. The number of rotatable bonds is 4. The van der Waals surface area contributed by atoms with Crippen molar-refractivity contribution in [2.24, 2.45) is 0 Å². The van der Waals surface area contributed by atoms with Crippen LogP contribution in [0, 0.1) is 0 Å². The first-order valence-electron chi connectivity index (χ1n) is 4.15. The average molecular weight is 210 g/mol. The van der Waals surface area contributed by atoms with Crippen LogP contribution in [0.5, 0.6) is 0 Å². The van der Waals surface area contributed by atoms with Crippen LogP contribution in [0.25, 0.3) is 0 Å². The molecular formula is C7H10N6S. The molecule has 7 heteroatoms. The number of aromatic nitrogens is 4. The number of hydrogen-bond acceptors (Lipinski definition) is 6. The number of nitrogen functional groups attached to an aromatic ring is 1. The predicted octanol–water partition coefficient (Wildman–Crippen LogP) is 0.498. The Morgan fingerprint density at radius 3 is 3.14 bits per heavy atom. The third-order valence-electron chi connectivity index (χ3n) is 1.69. The molecule has 0 unspecified atom stereocenters. The first-order valence-corrected chi connectivity index (χ1v) is 4.92. The summed E-state index contributed by atoms with van der Waals surface area (Å²) in [5, 5.41) is 10.5. The van der Waals surface area contributed by atoms with E-state index in [2.05, 4.69) is 24.9 Å². The van der Waals surface area contributed by atoms with Crippen molar-refractivity contribution in [3.63, 3.8) is 0 Å². The molecule has 0 aliphatic carbocycles. The lowest BCUT2D eigenvalue weighted by atomic mass is 10.3. The third-order valence-corrected chi connectivity index (χ3v) is 2.37. The van der Waals surface area contributed by atoms with Gasteiger partial charge in [-0.25, -0.2) is 0 Å². The lowest BCUT2D eigenvalue weighted by Gasteiger charge is -1.98. The molecule has 0 bridgehead atoms. The monoisotopic (exact) mass is 210 g/mol. The van der Waals surface area contributed by atoms with E-state index in [0.29, 0.717) is 5.95 Å². The zero-order chi connectivity index (χ0) is 9.80. The summed E-state index contributed by atoms with van der Waals surface area (Å²) >= 11 is 1.27. The van der Waals surface area contributed by atoms with Crippen LogP contribution < -0.4 is 11.1 Å². The normalized spacial score (nSPS) is 10.3. The smallest absolute Gasteiger partial charge is 0.233 e. The Bertz CT molecular complexity index is 381. The fourth-order valence-corrected chi connectivity index (χ4v) is 1.56. The second-order valence-corrected chi connectivity index (χ2v) is 3.49. The number of nitrogens with zero attached hydrogens (tertiary/aromatic N) is 3. The van der Waals surface area contributed by atoms with Crippen molar-refractivity contribution < 1.29 is 0 Å². The predicted molar refractivity (Wildman–Crippen MR) is 55.1 cm³/mol. The van der Waals surface area contributed by atoms with Gasteiger partial charge in [-0.15, -0.1) is 0 Å². The first-order chi connectivity index (χ1) is 6.84. The van der Waals surface area contributed by atoms with Crippen LogP contribution in [-0.2, 0) is 6.42 Å². The van der Waals surface area contributed by atoms with Crippen molar-refractivity contribution in [2.75, 3.05) is 17.6 Å². The molecule has 0 aromatic carbocycles. The Morgan fingerprint density at radius 1 is 1.57 bits per heavy atom. The van der Waals surface area contributed by atoms with Gasteiger partial charge in [0.15, 0.2) is 0 Å². The lowest BCUT2D eigenvalue weighted by Crippen LogP contribution is -2.03. The Hall–Kier alpha value is -1.63. The second-order valence-electron chi connectivity index (χ2n) is 2.74. The van der Waals surface area contributed by atoms with E-state index in [0.717, 1.165) is 23.7 Å². The first kappa shape index (κ1) is 8.95. The van der Waals surface area contributed by atoms with E-state index in [4.69, 9.17) is 5.73 Å². The Labute approximate surface area is 84.7 Å². The molecule has 2 rings (SSSR count). The van der Waals surface area contributed by atoms with Crippen molar-refractivity contribution in [2.45, 2.75) is 6.42 Å². The minimum atomic E-state index is 0.320. The van der Waals surface area contributed by atoms with Gasteiger partial charge in [-0.1, -0.05) is 0 Å². The molecule has 6 nitrogen and oxygen atoms in total. The summed E-state index contributed by atoms with van der Waals surface area (Å²) in [4.78, 5) is 3.98. The summed E-state index contributed by atoms with van der Waals surface area (Å²) in [6.07, 6.45) is 4.57. The number of H-pyrrole nitrogens is 1. The molecule has 0 aliphatic rings. The summed E-state index contributed by atoms with van der Waals surface area (Å²) in [5.74, 6) is 0.320. The van der Waals surface area contributed by atoms with E-state index < -0.39 is 0 Å². The van der Waals surface area contributed by atoms with Crippen LogP contribution in [0.1, 0.15) is 5.56 Å². The molecular weight excluding hydrogens is 200 g/mol. The Kier molecular flexibility index (Phi) is 2.59. The third kappa shape index (κ3) is 2.19. The van der Waals surface area contributed by atoms with E-state index in [1.807, 2.05) is 6.20 Å². The fraction of sp³-hybridized carbons (Fsp3) is 0.286. The molecule has 0 amide bonds. The highest BCUT2D eigenvalue weighted by Gasteiger charge is 1.99. The maximum absolute atomic E-state index is 5.38. The van der Waals surface area contributed by atoms with E-state index in [1.54, 1.807) is 6.20 Å². The highest BCUT2D eigenvalue weighted by Crippen LogP contribution is 2.11.